The second-order valence-corrected chi connectivity index (χ2v) is 1.13. The molecule has 44 valence electrons. The molecule has 0 aromatic heterocycles. The SMILES string of the molecule is ClC#CCl.ClC#CCl. The zero-order valence-electron chi connectivity index (χ0n) is 3.51. The van der Waals surface area contributed by atoms with E-state index in [9.17, 15) is 0 Å². The predicted molar refractivity (Wildman–Crippen MR) is 39.0 cm³/mol. The first kappa shape index (κ1) is 11.1. The summed E-state index contributed by atoms with van der Waals surface area (Å²) in [6.45, 7) is 0. The van der Waals surface area contributed by atoms with Gasteiger partial charge in [-0.1, -0.05) is 0 Å². The molecule has 0 saturated carbocycles. The Morgan fingerprint density at radius 1 is 0.500 bits per heavy atom. The Bertz CT molecular complexity index is 99.6. The molecule has 0 unspecified atom stereocenters. The molecule has 0 saturated heterocycles. The molecule has 0 aromatic carbocycles. The molecule has 0 aliphatic rings. The molecule has 0 bridgehead atoms. The van der Waals surface area contributed by atoms with E-state index in [1.165, 1.54) is 0 Å². The summed E-state index contributed by atoms with van der Waals surface area (Å²) in [6, 6.07) is 0. The molecule has 0 rings (SSSR count). The summed E-state index contributed by atoms with van der Waals surface area (Å²) in [5, 5.41) is 7.67. The Morgan fingerprint density at radius 2 is 0.625 bits per heavy atom. The van der Waals surface area contributed by atoms with Gasteiger partial charge in [0.05, 0.1) is 0 Å². The van der Waals surface area contributed by atoms with Crippen LogP contribution in [0, 0.1) is 21.5 Å². The normalized spacial score (nSPS) is 3.50. The summed E-state index contributed by atoms with van der Waals surface area (Å²) < 4.78 is 0. The Labute approximate surface area is 68.1 Å². The van der Waals surface area contributed by atoms with E-state index in [-0.39, 0.29) is 0 Å². The van der Waals surface area contributed by atoms with Crippen LogP contribution in [-0.4, -0.2) is 0 Å². The van der Waals surface area contributed by atoms with Gasteiger partial charge in [-0.05, 0) is 46.4 Å². The van der Waals surface area contributed by atoms with Crippen LogP contribution in [0.3, 0.4) is 0 Å². The molecule has 0 spiro atoms. The lowest BCUT2D eigenvalue weighted by molar-refractivity contribution is 2.96. The molecule has 0 aliphatic carbocycles. The van der Waals surface area contributed by atoms with Crippen molar-refractivity contribution in [2.75, 3.05) is 0 Å². The number of halogens is 4. The van der Waals surface area contributed by atoms with Gasteiger partial charge in [0.15, 0.2) is 0 Å². The van der Waals surface area contributed by atoms with Gasteiger partial charge in [0.1, 0.15) is 0 Å². The van der Waals surface area contributed by atoms with Crippen LogP contribution < -0.4 is 0 Å². The van der Waals surface area contributed by atoms with Gasteiger partial charge in [-0.15, -0.1) is 0 Å². The zero-order valence-corrected chi connectivity index (χ0v) is 6.54. The van der Waals surface area contributed by atoms with Gasteiger partial charge in [-0.3, -0.25) is 0 Å². The van der Waals surface area contributed by atoms with Crippen molar-refractivity contribution in [1.29, 1.82) is 0 Å². The molecular formula is C4Cl4. The third-order valence-corrected chi connectivity index (χ3v) is 0.643. The topological polar surface area (TPSA) is 0 Å². The van der Waals surface area contributed by atoms with Gasteiger partial charge in [0.2, 0.25) is 0 Å². The van der Waals surface area contributed by atoms with Crippen molar-refractivity contribution in [1.82, 2.24) is 0 Å². The molecule has 0 aliphatic heterocycles. The fourth-order valence-electron chi connectivity index (χ4n) is 0. The van der Waals surface area contributed by atoms with Crippen LogP contribution in [0.1, 0.15) is 0 Å². The van der Waals surface area contributed by atoms with Crippen LogP contribution in [0.15, 0.2) is 0 Å². The van der Waals surface area contributed by atoms with Crippen LogP contribution in [0.25, 0.3) is 0 Å². The molecular weight excluding hydrogens is 190 g/mol. The molecule has 0 fully saturated rings. The second kappa shape index (κ2) is 15.7. The third-order valence-electron chi connectivity index (χ3n) is 0.0714. The molecule has 8 heavy (non-hydrogen) atoms. The first-order valence-electron chi connectivity index (χ1n) is 1.26. The Morgan fingerprint density at radius 3 is 0.625 bits per heavy atom. The molecule has 0 N–H and O–H groups in total. The van der Waals surface area contributed by atoms with Gasteiger partial charge in [-0.2, -0.15) is 0 Å². The lowest BCUT2D eigenvalue weighted by Gasteiger charge is -1.32. The van der Waals surface area contributed by atoms with Crippen LogP contribution in [0.5, 0.6) is 0 Å². The van der Waals surface area contributed by atoms with E-state index in [1.807, 2.05) is 21.5 Å². The highest BCUT2D eigenvalue weighted by Crippen LogP contribution is 1.64. The maximum Gasteiger partial charge on any atom is 0.0216 e. The average Bonchev–Trinajstić information content (AvgIpc) is 1.88. The van der Waals surface area contributed by atoms with Gasteiger partial charge in [0.25, 0.3) is 0 Å². The smallest absolute Gasteiger partial charge is 0.0216 e. The molecule has 0 aromatic rings. The minimum absolute atomic E-state index is 1.92. The van der Waals surface area contributed by atoms with Crippen LogP contribution in [0.2, 0.25) is 0 Å². The van der Waals surface area contributed by atoms with E-state index >= 15 is 0 Å². The molecule has 0 amide bonds. The van der Waals surface area contributed by atoms with E-state index in [0.29, 0.717) is 0 Å². The molecule has 0 radical (unpaired) electrons. The monoisotopic (exact) mass is 188 g/mol. The van der Waals surface area contributed by atoms with E-state index in [2.05, 4.69) is 0 Å². The summed E-state index contributed by atoms with van der Waals surface area (Å²) in [4.78, 5) is 0. The Hall–Kier alpha value is 0.280. The second-order valence-electron chi connectivity index (χ2n) is 0.378. The lowest BCUT2D eigenvalue weighted by atomic mass is 11.4. The molecule has 0 nitrogen and oxygen atoms in total. The molecule has 0 atom stereocenters. The van der Waals surface area contributed by atoms with Crippen molar-refractivity contribution in [2.24, 2.45) is 0 Å². The molecule has 0 heterocycles. The fraction of sp³-hybridized carbons (Fsp3) is 0. The fourth-order valence-corrected chi connectivity index (χ4v) is 0. The summed E-state index contributed by atoms with van der Waals surface area (Å²) in [5.41, 5.74) is 0. The largest absolute Gasteiger partial charge is 0.0216 e. The van der Waals surface area contributed by atoms with Gasteiger partial charge in [0, 0.05) is 21.5 Å². The van der Waals surface area contributed by atoms with Crippen molar-refractivity contribution in [3.05, 3.63) is 0 Å². The highest BCUT2D eigenvalue weighted by Gasteiger charge is 1.34. The summed E-state index contributed by atoms with van der Waals surface area (Å²) in [7, 11) is 0. The quantitative estimate of drug-likeness (QED) is 0.515. The third kappa shape index (κ3) is 33.7. The maximum absolute atomic E-state index is 4.69. The van der Waals surface area contributed by atoms with E-state index in [4.69, 9.17) is 46.4 Å². The predicted octanol–water partition coefficient (Wildman–Crippen LogP) is 2.76. The highest BCUT2D eigenvalue weighted by atomic mass is 35.5. The van der Waals surface area contributed by atoms with Gasteiger partial charge < -0.3 is 0 Å². The van der Waals surface area contributed by atoms with E-state index in [0.717, 1.165) is 0 Å². The minimum Gasteiger partial charge on any atom is -0.0216 e. The summed E-state index contributed by atoms with van der Waals surface area (Å²) >= 11 is 18.8. The van der Waals surface area contributed by atoms with E-state index in [1.54, 1.807) is 0 Å². The standard InChI is InChI=1S/2C2Cl2/c2*3-1-2-4. The zero-order chi connectivity index (χ0) is 6.83. The minimum atomic E-state index is 1.92. The summed E-state index contributed by atoms with van der Waals surface area (Å²) in [6.07, 6.45) is 0. The average molecular weight is 190 g/mol. The first-order chi connectivity index (χ1) is 3.83. The first-order valence-corrected chi connectivity index (χ1v) is 2.77. The highest BCUT2D eigenvalue weighted by molar-refractivity contribution is 6.38. The lowest BCUT2D eigenvalue weighted by Crippen LogP contribution is -1.13. The van der Waals surface area contributed by atoms with Crippen molar-refractivity contribution >= 4 is 46.4 Å². The number of rotatable bonds is 0. The van der Waals surface area contributed by atoms with E-state index < -0.39 is 0 Å². The van der Waals surface area contributed by atoms with Crippen molar-refractivity contribution in [2.45, 2.75) is 0 Å². The van der Waals surface area contributed by atoms with Gasteiger partial charge in [-0.25, -0.2) is 0 Å². The van der Waals surface area contributed by atoms with Gasteiger partial charge >= 0.3 is 0 Å². The number of hydrogen-bond acceptors (Lipinski definition) is 0. The maximum atomic E-state index is 4.69. The van der Waals surface area contributed by atoms with Crippen molar-refractivity contribution < 1.29 is 0 Å². The molecule has 4 heteroatoms. The van der Waals surface area contributed by atoms with Crippen LogP contribution in [0.4, 0.5) is 0 Å². The van der Waals surface area contributed by atoms with Crippen molar-refractivity contribution in [3.8, 4) is 21.5 Å². The van der Waals surface area contributed by atoms with Crippen LogP contribution in [-0.2, 0) is 0 Å². The Balaban J connectivity index is 0. The number of hydrogen-bond donors (Lipinski definition) is 0. The van der Waals surface area contributed by atoms with Crippen LogP contribution >= 0.6 is 46.4 Å². The Kier molecular flexibility index (Phi) is 21.8. The van der Waals surface area contributed by atoms with Crippen molar-refractivity contribution in [3.63, 3.8) is 0 Å². The summed E-state index contributed by atoms with van der Waals surface area (Å²) in [5.74, 6) is 0.